The second-order valence-electron chi connectivity index (χ2n) is 4.77. The fraction of sp³-hybridized carbons (Fsp3) is 0.923. The standard InChI is InChI=1S/C13H24O4/c1-11(2)13(14)17-10-15-8-9-16-12-6-4-3-5-7-12/h11-12H,3-10H2,1-2H3. The maximum absolute atomic E-state index is 11.1. The minimum absolute atomic E-state index is 0.0328. The molecule has 1 fully saturated rings. The lowest BCUT2D eigenvalue weighted by Gasteiger charge is -2.21. The van der Waals surface area contributed by atoms with Gasteiger partial charge in [0.2, 0.25) is 0 Å². The largest absolute Gasteiger partial charge is 0.438 e. The molecule has 0 N–H and O–H groups in total. The highest BCUT2D eigenvalue weighted by Gasteiger charge is 2.13. The number of ether oxygens (including phenoxy) is 3. The molecule has 0 radical (unpaired) electrons. The van der Waals surface area contributed by atoms with E-state index in [0.717, 1.165) is 0 Å². The molecule has 1 aliphatic rings. The average molecular weight is 244 g/mol. The third kappa shape index (κ3) is 6.64. The van der Waals surface area contributed by atoms with Crippen molar-refractivity contribution in [2.75, 3.05) is 20.0 Å². The van der Waals surface area contributed by atoms with E-state index in [1.54, 1.807) is 13.8 Å². The second-order valence-corrected chi connectivity index (χ2v) is 4.77. The zero-order valence-corrected chi connectivity index (χ0v) is 10.9. The Bertz CT molecular complexity index is 209. The molecule has 1 rings (SSSR count). The van der Waals surface area contributed by atoms with E-state index in [2.05, 4.69) is 0 Å². The maximum Gasteiger partial charge on any atom is 0.310 e. The number of hydrogen-bond acceptors (Lipinski definition) is 4. The highest BCUT2D eigenvalue weighted by atomic mass is 16.7. The van der Waals surface area contributed by atoms with Crippen LogP contribution in [0.15, 0.2) is 0 Å². The van der Waals surface area contributed by atoms with Gasteiger partial charge in [0.25, 0.3) is 0 Å². The Morgan fingerprint density at radius 3 is 2.53 bits per heavy atom. The lowest BCUT2D eigenvalue weighted by Crippen LogP contribution is -2.20. The van der Waals surface area contributed by atoms with Crippen molar-refractivity contribution < 1.29 is 19.0 Å². The van der Waals surface area contributed by atoms with Crippen LogP contribution < -0.4 is 0 Å². The van der Waals surface area contributed by atoms with Gasteiger partial charge in [0, 0.05) is 0 Å². The van der Waals surface area contributed by atoms with Crippen molar-refractivity contribution in [3.8, 4) is 0 Å². The summed E-state index contributed by atoms with van der Waals surface area (Å²) in [6.07, 6.45) is 6.63. The van der Waals surface area contributed by atoms with E-state index < -0.39 is 0 Å². The number of carbonyl (C=O) groups is 1. The lowest BCUT2D eigenvalue weighted by molar-refractivity contribution is -0.161. The lowest BCUT2D eigenvalue weighted by atomic mass is 9.98. The van der Waals surface area contributed by atoms with Crippen LogP contribution in [0.4, 0.5) is 0 Å². The van der Waals surface area contributed by atoms with Gasteiger partial charge in [-0.25, -0.2) is 0 Å². The van der Waals surface area contributed by atoms with Crippen LogP contribution >= 0.6 is 0 Å². The molecule has 0 aliphatic heterocycles. The molecule has 17 heavy (non-hydrogen) atoms. The van der Waals surface area contributed by atoms with Gasteiger partial charge in [0.05, 0.1) is 25.2 Å². The molecular weight excluding hydrogens is 220 g/mol. The third-order valence-corrected chi connectivity index (χ3v) is 2.89. The zero-order chi connectivity index (χ0) is 12.5. The second kappa shape index (κ2) is 8.48. The SMILES string of the molecule is CC(C)C(=O)OCOCCOC1CCCCC1. The fourth-order valence-electron chi connectivity index (χ4n) is 1.83. The Hall–Kier alpha value is -0.610. The topological polar surface area (TPSA) is 44.8 Å². The molecule has 0 unspecified atom stereocenters. The van der Waals surface area contributed by atoms with Crippen molar-refractivity contribution in [1.82, 2.24) is 0 Å². The van der Waals surface area contributed by atoms with Gasteiger partial charge in [0.1, 0.15) is 0 Å². The average Bonchev–Trinajstić information content (AvgIpc) is 2.34. The first kappa shape index (κ1) is 14.5. The molecule has 1 saturated carbocycles. The molecule has 0 spiro atoms. The van der Waals surface area contributed by atoms with Gasteiger partial charge in [-0.2, -0.15) is 0 Å². The van der Waals surface area contributed by atoms with Gasteiger partial charge in [-0.3, -0.25) is 4.79 Å². The smallest absolute Gasteiger partial charge is 0.310 e. The van der Waals surface area contributed by atoms with Crippen LogP contribution in [-0.2, 0) is 19.0 Å². The first-order valence-electron chi connectivity index (χ1n) is 6.56. The predicted octanol–water partition coefficient (Wildman–Crippen LogP) is 2.51. The van der Waals surface area contributed by atoms with E-state index in [4.69, 9.17) is 14.2 Å². The summed E-state index contributed by atoms with van der Waals surface area (Å²) in [6.45, 7) is 4.71. The van der Waals surface area contributed by atoms with Gasteiger partial charge < -0.3 is 14.2 Å². The Morgan fingerprint density at radius 1 is 1.18 bits per heavy atom. The Morgan fingerprint density at radius 2 is 1.88 bits per heavy atom. The Kier molecular flexibility index (Phi) is 7.21. The zero-order valence-electron chi connectivity index (χ0n) is 10.9. The van der Waals surface area contributed by atoms with Gasteiger partial charge >= 0.3 is 5.97 Å². The summed E-state index contributed by atoms with van der Waals surface area (Å²) in [5.41, 5.74) is 0. The van der Waals surface area contributed by atoms with E-state index in [1.807, 2.05) is 0 Å². The molecule has 100 valence electrons. The molecule has 1 aliphatic carbocycles. The van der Waals surface area contributed by atoms with Gasteiger partial charge in [0.15, 0.2) is 6.79 Å². The molecule has 0 amide bonds. The normalized spacial score (nSPS) is 17.4. The van der Waals surface area contributed by atoms with Crippen LogP contribution in [0.1, 0.15) is 46.0 Å². The molecule has 0 bridgehead atoms. The summed E-state index contributed by atoms with van der Waals surface area (Å²) >= 11 is 0. The van der Waals surface area contributed by atoms with Gasteiger partial charge in [-0.15, -0.1) is 0 Å². The molecule has 0 aromatic carbocycles. The van der Waals surface area contributed by atoms with Crippen LogP contribution in [0.5, 0.6) is 0 Å². The number of hydrogen-bond donors (Lipinski definition) is 0. The number of carbonyl (C=O) groups excluding carboxylic acids is 1. The van der Waals surface area contributed by atoms with E-state index in [1.165, 1.54) is 32.1 Å². The maximum atomic E-state index is 11.1. The van der Waals surface area contributed by atoms with Crippen molar-refractivity contribution in [3.05, 3.63) is 0 Å². The van der Waals surface area contributed by atoms with Crippen molar-refractivity contribution in [2.24, 2.45) is 5.92 Å². The predicted molar refractivity (Wildman–Crippen MR) is 64.6 cm³/mol. The molecule has 0 aromatic heterocycles. The van der Waals surface area contributed by atoms with Gasteiger partial charge in [-0.05, 0) is 12.8 Å². The minimum atomic E-state index is -0.224. The van der Waals surface area contributed by atoms with Crippen LogP contribution in [0.2, 0.25) is 0 Å². The molecular formula is C13H24O4. The Labute approximate surface area is 104 Å². The Balaban J connectivity index is 1.88. The van der Waals surface area contributed by atoms with Crippen molar-refractivity contribution in [2.45, 2.75) is 52.1 Å². The number of rotatable bonds is 7. The van der Waals surface area contributed by atoms with Crippen molar-refractivity contribution >= 4 is 5.97 Å². The molecule has 0 heterocycles. The molecule has 4 heteroatoms. The minimum Gasteiger partial charge on any atom is -0.438 e. The van der Waals surface area contributed by atoms with Crippen LogP contribution in [0, 0.1) is 5.92 Å². The highest BCUT2D eigenvalue weighted by Crippen LogP contribution is 2.19. The summed E-state index contributed by atoms with van der Waals surface area (Å²) in [6, 6.07) is 0. The summed E-state index contributed by atoms with van der Waals surface area (Å²) in [5, 5.41) is 0. The van der Waals surface area contributed by atoms with Crippen LogP contribution in [0.25, 0.3) is 0 Å². The quantitative estimate of drug-likeness (QED) is 0.392. The monoisotopic (exact) mass is 244 g/mol. The van der Waals surface area contributed by atoms with Gasteiger partial charge in [-0.1, -0.05) is 33.1 Å². The first-order chi connectivity index (χ1) is 8.20. The van der Waals surface area contributed by atoms with Crippen molar-refractivity contribution in [3.63, 3.8) is 0 Å². The van der Waals surface area contributed by atoms with E-state index in [9.17, 15) is 4.79 Å². The van der Waals surface area contributed by atoms with E-state index in [-0.39, 0.29) is 18.7 Å². The van der Waals surface area contributed by atoms with Crippen LogP contribution in [-0.4, -0.2) is 32.1 Å². The summed E-state index contributed by atoms with van der Waals surface area (Å²) in [7, 11) is 0. The first-order valence-corrected chi connectivity index (χ1v) is 6.56. The van der Waals surface area contributed by atoms with E-state index >= 15 is 0 Å². The molecule has 0 saturated heterocycles. The van der Waals surface area contributed by atoms with Crippen LogP contribution in [0.3, 0.4) is 0 Å². The summed E-state index contributed by atoms with van der Waals surface area (Å²) < 4.78 is 15.7. The molecule has 0 atom stereocenters. The highest BCUT2D eigenvalue weighted by molar-refractivity contribution is 5.71. The summed E-state index contributed by atoms with van der Waals surface area (Å²) in [4.78, 5) is 11.1. The molecule has 4 nitrogen and oxygen atoms in total. The summed E-state index contributed by atoms with van der Waals surface area (Å²) in [5.74, 6) is -0.324. The fourth-order valence-corrected chi connectivity index (χ4v) is 1.83. The molecule has 0 aromatic rings. The third-order valence-electron chi connectivity index (χ3n) is 2.89. The number of esters is 1. The van der Waals surface area contributed by atoms with E-state index in [0.29, 0.717) is 19.3 Å². The van der Waals surface area contributed by atoms with Crippen molar-refractivity contribution in [1.29, 1.82) is 0 Å².